The summed E-state index contributed by atoms with van der Waals surface area (Å²) in [6.07, 6.45) is 1.21. The molecular weight excluding hydrogens is 116 g/mol. The van der Waals surface area contributed by atoms with Gasteiger partial charge in [-0.25, -0.2) is 0 Å². The third-order valence-electron chi connectivity index (χ3n) is 0.923. The van der Waals surface area contributed by atoms with Crippen LogP contribution in [0.3, 0.4) is 0 Å². The summed E-state index contributed by atoms with van der Waals surface area (Å²) in [5, 5.41) is 5.69. The molecule has 3 heteroatoms. The van der Waals surface area contributed by atoms with Crippen molar-refractivity contribution in [2.45, 2.75) is 26.3 Å². The van der Waals surface area contributed by atoms with E-state index in [1.807, 2.05) is 0 Å². The van der Waals surface area contributed by atoms with Crippen molar-refractivity contribution in [1.29, 1.82) is 0 Å². The lowest BCUT2D eigenvalue weighted by atomic mass is 10.6. The van der Waals surface area contributed by atoms with E-state index in [-0.39, 0.29) is 0 Å². The Hall–Kier alpha value is 0.137. The molecule has 0 aliphatic rings. The highest BCUT2D eigenvalue weighted by Crippen LogP contribution is 1.85. The summed E-state index contributed by atoms with van der Waals surface area (Å²) in [4.78, 5) is 3.23. The van der Waals surface area contributed by atoms with E-state index in [0.29, 0.717) is 0 Å². The van der Waals surface area contributed by atoms with Gasteiger partial charge in [-0.05, 0) is 12.6 Å². The molecule has 0 aliphatic heterocycles. The molecule has 1 radical (unpaired) electrons. The molecule has 0 spiro atoms. The highest BCUT2D eigenvalue weighted by molar-refractivity contribution is 6.52. The van der Waals surface area contributed by atoms with E-state index in [4.69, 9.17) is 5.40 Å². The molecule has 8 heavy (non-hydrogen) atoms. The fourth-order valence-corrected chi connectivity index (χ4v) is 1.75. The zero-order chi connectivity index (χ0) is 6.41. The van der Waals surface area contributed by atoms with Gasteiger partial charge in [0.05, 0.1) is 0 Å². The highest BCUT2D eigenvalue weighted by atomic mass is 28.3. The van der Waals surface area contributed by atoms with Crippen molar-refractivity contribution in [2.24, 2.45) is 5.40 Å². The molecular formula is C5H15N2Si. The molecule has 0 amide bonds. The maximum absolute atomic E-state index is 5.69. The first-order chi connectivity index (χ1) is 3.81. The third-order valence-corrected chi connectivity index (χ3v) is 2.77. The van der Waals surface area contributed by atoms with Crippen LogP contribution in [0.25, 0.3) is 0 Å². The van der Waals surface area contributed by atoms with Crippen LogP contribution in [0.2, 0.25) is 6.04 Å². The van der Waals surface area contributed by atoms with E-state index in [9.17, 15) is 0 Å². The van der Waals surface area contributed by atoms with Gasteiger partial charge < -0.3 is 10.4 Å². The molecule has 0 saturated carbocycles. The first-order valence-corrected chi connectivity index (χ1v) is 4.94. The Kier molecular flexibility index (Phi) is 5.37. The van der Waals surface area contributed by atoms with Crippen LogP contribution in [0.15, 0.2) is 0 Å². The summed E-state index contributed by atoms with van der Waals surface area (Å²) in [6, 6.07) is 1.18. The Bertz CT molecular complexity index is 43.7. The summed E-state index contributed by atoms with van der Waals surface area (Å²) in [5.74, 6) is 0. The van der Waals surface area contributed by atoms with Crippen LogP contribution in [-0.2, 0) is 0 Å². The maximum atomic E-state index is 5.69. The molecule has 49 valence electrons. The van der Waals surface area contributed by atoms with Crippen LogP contribution in [0, 0.1) is 0 Å². The first kappa shape index (κ1) is 8.14. The van der Waals surface area contributed by atoms with E-state index in [0.717, 1.165) is 6.54 Å². The van der Waals surface area contributed by atoms with Crippen LogP contribution < -0.4 is 10.4 Å². The van der Waals surface area contributed by atoms with Gasteiger partial charge in [0, 0.05) is 0 Å². The van der Waals surface area contributed by atoms with Crippen molar-refractivity contribution < 1.29 is 0 Å². The van der Waals surface area contributed by atoms with Crippen LogP contribution in [0.5, 0.6) is 0 Å². The van der Waals surface area contributed by atoms with E-state index in [1.54, 1.807) is 0 Å². The lowest BCUT2D eigenvalue weighted by molar-refractivity contribution is 0.938. The second kappa shape index (κ2) is 5.28. The van der Waals surface area contributed by atoms with Crippen LogP contribution in [0.1, 0.15) is 20.3 Å². The second-order valence-electron chi connectivity index (χ2n) is 1.81. The normalized spacial score (nSPS) is 10.5. The van der Waals surface area contributed by atoms with Crippen molar-refractivity contribution in [3.05, 3.63) is 0 Å². The quantitative estimate of drug-likeness (QED) is 0.544. The minimum absolute atomic E-state index is 0.641. The van der Waals surface area contributed by atoms with Gasteiger partial charge in [0.2, 0.25) is 9.12 Å². The summed E-state index contributed by atoms with van der Waals surface area (Å²) in [6.45, 7) is 5.27. The van der Waals surface area contributed by atoms with Gasteiger partial charge in [0.25, 0.3) is 0 Å². The monoisotopic (exact) mass is 131 g/mol. The molecule has 3 N–H and O–H groups in total. The number of hydrogen-bond donors (Lipinski definition) is 2. The van der Waals surface area contributed by atoms with E-state index in [2.05, 4.69) is 18.8 Å². The summed E-state index contributed by atoms with van der Waals surface area (Å²) in [5.41, 5.74) is 0. The molecule has 0 rings (SSSR count). The highest BCUT2D eigenvalue weighted by Gasteiger charge is 1.99. The Morgan fingerprint density at radius 3 is 2.50 bits per heavy atom. The van der Waals surface area contributed by atoms with Gasteiger partial charge >= 0.3 is 0 Å². The molecule has 0 unspecified atom stereocenters. The summed E-state index contributed by atoms with van der Waals surface area (Å²) < 4.78 is 0. The van der Waals surface area contributed by atoms with Crippen molar-refractivity contribution in [2.75, 3.05) is 6.54 Å². The number of nitrogens with one attached hydrogen (secondary N) is 1. The lowest BCUT2D eigenvalue weighted by Crippen LogP contribution is -2.42. The van der Waals surface area contributed by atoms with Gasteiger partial charge in [0.1, 0.15) is 0 Å². The Morgan fingerprint density at radius 2 is 2.12 bits per heavy atom. The largest absolute Gasteiger partial charge is 0.339 e. The van der Waals surface area contributed by atoms with Crippen molar-refractivity contribution >= 4 is 9.12 Å². The molecule has 0 saturated heterocycles. The van der Waals surface area contributed by atoms with E-state index < -0.39 is 9.12 Å². The third kappa shape index (κ3) is 4.30. The fourth-order valence-electron chi connectivity index (χ4n) is 0.585. The molecule has 0 fully saturated rings. The Labute approximate surface area is 53.2 Å². The number of nitrogens with two attached hydrogens (primary N) is 1. The Morgan fingerprint density at radius 1 is 1.50 bits per heavy atom. The minimum atomic E-state index is -0.641. The van der Waals surface area contributed by atoms with Crippen molar-refractivity contribution in [3.63, 3.8) is 0 Å². The molecule has 0 bridgehead atoms. The second-order valence-corrected chi connectivity index (χ2v) is 3.71. The van der Waals surface area contributed by atoms with Crippen molar-refractivity contribution in [1.82, 2.24) is 4.98 Å². The molecule has 2 nitrogen and oxygen atoms in total. The van der Waals surface area contributed by atoms with Crippen LogP contribution >= 0.6 is 0 Å². The van der Waals surface area contributed by atoms with Gasteiger partial charge in [-0.15, -0.1) is 0 Å². The van der Waals surface area contributed by atoms with E-state index >= 15 is 0 Å². The van der Waals surface area contributed by atoms with Crippen LogP contribution in [-0.4, -0.2) is 15.7 Å². The molecule has 0 aliphatic carbocycles. The van der Waals surface area contributed by atoms with E-state index in [1.165, 1.54) is 12.5 Å². The predicted octanol–water partition coefficient (Wildman–Crippen LogP) is 0.453. The number of rotatable bonds is 4. The van der Waals surface area contributed by atoms with Crippen molar-refractivity contribution in [3.8, 4) is 0 Å². The molecule has 0 aromatic carbocycles. The Balaban J connectivity index is 2.92. The topological polar surface area (TPSA) is 38.0 Å². The molecule has 0 aromatic heterocycles. The van der Waals surface area contributed by atoms with Gasteiger partial charge in [-0.1, -0.05) is 20.3 Å². The molecule has 0 heterocycles. The van der Waals surface area contributed by atoms with Gasteiger partial charge in [-0.2, -0.15) is 0 Å². The summed E-state index contributed by atoms with van der Waals surface area (Å²) >= 11 is 0. The predicted molar refractivity (Wildman–Crippen MR) is 38.7 cm³/mol. The summed E-state index contributed by atoms with van der Waals surface area (Å²) in [7, 11) is -0.641. The van der Waals surface area contributed by atoms with Gasteiger partial charge in [0.15, 0.2) is 0 Å². The first-order valence-electron chi connectivity index (χ1n) is 3.16. The maximum Gasteiger partial charge on any atom is 0.220 e. The average Bonchev–Trinajstić information content (AvgIpc) is 1.68. The SMILES string of the molecule is CCC[Si](N)NCC. The fraction of sp³-hybridized carbons (Fsp3) is 1.00. The molecule has 0 aromatic rings. The zero-order valence-corrected chi connectivity index (χ0v) is 6.70. The molecule has 0 atom stereocenters. The number of hydrogen-bond acceptors (Lipinski definition) is 2. The smallest absolute Gasteiger partial charge is 0.220 e. The average molecular weight is 131 g/mol. The van der Waals surface area contributed by atoms with Crippen LogP contribution in [0.4, 0.5) is 0 Å². The minimum Gasteiger partial charge on any atom is -0.339 e. The lowest BCUT2D eigenvalue weighted by Gasteiger charge is -2.05. The standard InChI is InChI=1S/C5H15N2Si/c1-3-5-8(6)7-4-2/h7H,3-6H2,1-2H3. The van der Waals surface area contributed by atoms with Gasteiger partial charge in [-0.3, -0.25) is 0 Å². The zero-order valence-electron chi connectivity index (χ0n) is 5.70.